The van der Waals surface area contributed by atoms with Crippen LogP contribution in [0.2, 0.25) is 0 Å². The van der Waals surface area contributed by atoms with Gasteiger partial charge in [-0.05, 0) is 57.0 Å². The number of aliphatic carboxylic acids is 1. The van der Waals surface area contributed by atoms with Gasteiger partial charge in [0.1, 0.15) is 5.69 Å². The average molecular weight is 451 g/mol. The minimum Gasteiger partial charge on any atom is -0.475 e. The molecule has 0 radical (unpaired) electrons. The van der Waals surface area contributed by atoms with Gasteiger partial charge in [0, 0.05) is 25.0 Å². The number of alkyl halides is 3. The lowest BCUT2D eigenvalue weighted by Gasteiger charge is -2.31. The Morgan fingerprint density at radius 3 is 2.53 bits per heavy atom. The van der Waals surface area contributed by atoms with Crippen LogP contribution < -0.4 is 0 Å². The SMILES string of the molecule is Cc1cc(CN2CCC(Cn3cc(-c4ccccn4)nn3)CC2)n[nH]1.O=C(O)C(F)(F)F. The molecule has 0 aliphatic carbocycles. The van der Waals surface area contributed by atoms with Crippen molar-refractivity contribution in [1.82, 2.24) is 35.1 Å². The number of nitrogens with zero attached hydrogens (tertiary/aromatic N) is 6. The van der Waals surface area contributed by atoms with Gasteiger partial charge in [-0.3, -0.25) is 19.7 Å². The Kier molecular flexibility index (Phi) is 7.57. The molecule has 1 saturated heterocycles. The molecular formula is C20H24F3N7O2. The molecule has 0 amide bonds. The van der Waals surface area contributed by atoms with E-state index < -0.39 is 12.1 Å². The van der Waals surface area contributed by atoms with Crippen LogP contribution in [0.1, 0.15) is 24.2 Å². The summed E-state index contributed by atoms with van der Waals surface area (Å²) in [7, 11) is 0. The number of hydrogen-bond acceptors (Lipinski definition) is 6. The molecule has 0 saturated carbocycles. The van der Waals surface area contributed by atoms with Gasteiger partial charge in [-0.2, -0.15) is 18.3 Å². The first-order chi connectivity index (χ1) is 15.2. The highest BCUT2D eigenvalue weighted by Crippen LogP contribution is 2.21. The highest BCUT2D eigenvalue weighted by atomic mass is 19.4. The average Bonchev–Trinajstić information content (AvgIpc) is 3.39. The molecule has 1 fully saturated rings. The summed E-state index contributed by atoms with van der Waals surface area (Å²) in [6.45, 7) is 6.12. The van der Waals surface area contributed by atoms with E-state index >= 15 is 0 Å². The van der Waals surface area contributed by atoms with Crippen molar-refractivity contribution in [3.05, 3.63) is 48.0 Å². The summed E-state index contributed by atoms with van der Waals surface area (Å²) in [5, 5.41) is 23.0. The second kappa shape index (κ2) is 10.4. The third kappa shape index (κ3) is 6.87. The molecule has 172 valence electrons. The summed E-state index contributed by atoms with van der Waals surface area (Å²) < 4.78 is 33.7. The number of pyridine rings is 1. The van der Waals surface area contributed by atoms with Gasteiger partial charge < -0.3 is 5.11 Å². The van der Waals surface area contributed by atoms with Crippen LogP contribution in [0.25, 0.3) is 11.4 Å². The zero-order valence-corrected chi connectivity index (χ0v) is 17.5. The molecule has 0 bridgehead atoms. The van der Waals surface area contributed by atoms with Crippen LogP contribution in [0.5, 0.6) is 0 Å². The first-order valence-electron chi connectivity index (χ1n) is 10.1. The lowest BCUT2D eigenvalue weighted by molar-refractivity contribution is -0.192. The van der Waals surface area contributed by atoms with Crippen LogP contribution in [0.15, 0.2) is 36.7 Å². The topological polar surface area (TPSA) is 113 Å². The van der Waals surface area contributed by atoms with E-state index in [1.165, 1.54) is 12.8 Å². The summed E-state index contributed by atoms with van der Waals surface area (Å²) in [6, 6.07) is 7.97. The van der Waals surface area contributed by atoms with E-state index in [1.807, 2.05) is 36.0 Å². The first kappa shape index (κ1) is 23.4. The van der Waals surface area contributed by atoms with Gasteiger partial charge in [0.25, 0.3) is 0 Å². The Labute approximate surface area is 182 Å². The van der Waals surface area contributed by atoms with Crippen molar-refractivity contribution < 1.29 is 23.1 Å². The first-order valence-corrected chi connectivity index (χ1v) is 10.1. The molecule has 3 aromatic rings. The van der Waals surface area contributed by atoms with Crippen LogP contribution in [-0.2, 0) is 17.9 Å². The lowest BCUT2D eigenvalue weighted by Crippen LogP contribution is -2.34. The molecule has 1 aliphatic rings. The number of likely N-dealkylation sites (tertiary alicyclic amines) is 1. The van der Waals surface area contributed by atoms with Gasteiger partial charge in [-0.25, -0.2) is 4.79 Å². The van der Waals surface area contributed by atoms with Crippen LogP contribution in [0, 0.1) is 12.8 Å². The van der Waals surface area contributed by atoms with Crippen molar-refractivity contribution in [1.29, 1.82) is 0 Å². The summed E-state index contributed by atoms with van der Waals surface area (Å²) in [4.78, 5) is 15.7. The highest BCUT2D eigenvalue weighted by Gasteiger charge is 2.38. The molecule has 32 heavy (non-hydrogen) atoms. The number of H-pyrrole nitrogens is 1. The van der Waals surface area contributed by atoms with Crippen molar-refractivity contribution in [3.63, 3.8) is 0 Å². The third-order valence-electron chi connectivity index (χ3n) is 5.01. The van der Waals surface area contributed by atoms with E-state index in [9.17, 15) is 13.2 Å². The van der Waals surface area contributed by atoms with E-state index in [4.69, 9.17) is 9.90 Å². The molecule has 1 aliphatic heterocycles. The van der Waals surface area contributed by atoms with E-state index in [1.54, 1.807) is 6.20 Å². The molecule has 9 nitrogen and oxygen atoms in total. The zero-order valence-electron chi connectivity index (χ0n) is 17.5. The highest BCUT2D eigenvalue weighted by molar-refractivity contribution is 5.73. The summed E-state index contributed by atoms with van der Waals surface area (Å²) >= 11 is 0. The Bertz CT molecular complexity index is 996. The fourth-order valence-electron chi connectivity index (χ4n) is 3.40. The lowest BCUT2D eigenvalue weighted by atomic mass is 9.97. The molecule has 3 aromatic heterocycles. The van der Waals surface area contributed by atoms with E-state index in [0.717, 1.165) is 49.0 Å². The maximum atomic E-state index is 10.6. The second-order valence-corrected chi connectivity index (χ2v) is 7.61. The molecule has 0 aromatic carbocycles. The molecule has 2 N–H and O–H groups in total. The van der Waals surface area contributed by atoms with E-state index in [0.29, 0.717) is 5.92 Å². The number of carboxylic acids is 1. The maximum absolute atomic E-state index is 10.6. The standard InChI is InChI=1S/C18H23N7.C2HF3O2/c1-14-10-16(21-20-14)12-24-8-5-15(6-9-24)11-25-13-18(22-23-25)17-4-2-3-7-19-17;3-2(4,5)1(6)7/h2-4,7,10,13,15H,5-6,8-9,11-12H2,1H3,(H,20,21);(H,6,7). The minimum absolute atomic E-state index is 0.649. The third-order valence-corrected chi connectivity index (χ3v) is 5.01. The predicted molar refractivity (Wildman–Crippen MR) is 108 cm³/mol. The number of aryl methyl sites for hydroxylation is 1. The van der Waals surface area contributed by atoms with Gasteiger partial charge >= 0.3 is 12.1 Å². The molecular weight excluding hydrogens is 427 g/mol. The fourth-order valence-corrected chi connectivity index (χ4v) is 3.40. The maximum Gasteiger partial charge on any atom is 0.490 e. The molecule has 0 unspecified atom stereocenters. The molecule has 0 atom stereocenters. The summed E-state index contributed by atoms with van der Waals surface area (Å²) in [5.41, 5.74) is 3.97. The number of hydrogen-bond donors (Lipinski definition) is 2. The number of aromatic amines is 1. The predicted octanol–water partition coefficient (Wildman–Crippen LogP) is 2.92. The van der Waals surface area contributed by atoms with Gasteiger partial charge in [0.05, 0.1) is 17.6 Å². The minimum atomic E-state index is -5.08. The Hall–Kier alpha value is -3.28. The van der Waals surface area contributed by atoms with Crippen LogP contribution >= 0.6 is 0 Å². The fraction of sp³-hybridized carbons (Fsp3) is 0.450. The van der Waals surface area contributed by atoms with Crippen molar-refractivity contribution in [2.24, 2.45) is 5.92 Å². The zero-order chi connectivity index (χ0) is 23.1. The van der Waals surface area contributed by atoms with Crippen LogP contribution in [-0.4, -0.2) is 65.4 Å². The van der Waals surface area contributed by atoms with Crippen molar-refractivity contribution in [2.45, 2.75) is 39.0 Å². The number of halogens is 3. The van der Waals surface area contributed by atoms with Gasteiger partial charge in [-0.15, -0.1) is 5.10 Å². The van der Waals surface area contributed by atoms with Crippen molar-refractivity contribution in [3.8, 4) is 11.4 Å². The number of carboxylic acid groups (broad SMARTS) is 1. The van der Waals surface area contributed by atoms with Crippen LogP contribution in [0.3, 0.4) is 0 Å². The van der Waals surface area contributed by atoms with Gasteiger partial charge in [0.15, 0.2) is 0 Å². The Morgan fingerprint density at radius 2 is 1.97 bits per heavy atom. The molecule has 4 heterocycles. The Morgan fingerprint density at radius 1 is 1.25 bits per heavy atom. The number of piperidine rings is 1. The Balaban J connectivity index is 0.000000360. The number of carbonyl (C=O) groups is 1. The molecule has 4 rings (SSSR count). The van der Waals surface area contributed by atoms with E-state index in [2.05, 4.69) is 36.5 Å². The normalized spacial score (nSPS) is 15.2. The summed E-state index contributed by atoms with van der Waals surface area (Å²) in [5.74, 6) is -2.11. The van der Waals surface area contributed by atoms with Crippen molar-refractivity contribution in [2.75, 3.05) is 13.1 Å². The summed E-state index contributed by atoms with van der Waals surface area (Å²) in [6.07, 6.45) is 1.07. The number of aromatic nitrogens is 6. The van der Waals surface area contributed by atoms with Gasteiger partial charge in [0.2, 0.25) is 0 Å². The van der Waals surface area contributed by atoms with E-state index in [-0.39, 0.29) is 0 Å². The largest absolute Gasteiger partial charge is 0.490 e. The smallest absolute Gasteiger partial charge is 0.475 e. The molecule has 0 spiro atoms. The van der Waals surface area contributed by atoms with Gasteiger partial charge in [-0.1, -0.05) is 11.3 Å². The van der Waals surface area contributed by atoms with Crippen molar-refractivity contribution >= 4 is 5.97 Å². The number of nitrogens with one attached hydrogen (secondary N) is 1. The monoisotopic (exact) mass is 451 g/mol. The number of rotatable bonds is 5. The second-order valence-electron chi connectivity index (χ2n) is 7.61. The molecule has 12 heteroatoms. The van der Waals surface area contributed by atoms with Crippen LogP contribution in [0.4, 0.5) is 13.2 Å². The quantitative estimate of drug-likeness (QED) is 0.613.